The Kier molecular flexibility index (Phi) is 4.58. The highest BCUT2D eigenvalue weighted by molar-refractivity contribution is 9.10. The Hall–Kier alpha value is -1.36. The largest absolute Gasteiger partial charge is 0.465 e. The molecule has 2 rings (SSSR count). The zero-order valence-corrected chi connectivity index (χ0v) is 12.3. The van der Waals surface area contributed by atoms with E-state index in [9.17, 15) is 9.59 Å². The normalized spacial score (nSPS) is 15.3. The highest BCUT2D eigenvalue weighted by atomic mass is 79.9. The summed E-state index contributed by atoms with van der Waals surface area (Å²) in [6.45, 7) is 0. The number of halogens is 1. The topological polar surface area (TPSA) is 55.4 Å². The Morgan fingerprint density at radius 3 is 2.63 bits per heavy atom. The van der Waals surface area contributed by atoms with Crippen LogP contribution in [0.1, 0.15) is 36.0 Å². The molecule has 1 aromatic rings. The number of anilines is 1. The van der Waals surface area contributed by atoms with Gasteiger partial charge in [-0.1, -0.05) is 28.8 Å². The highest BCUT2D eigenvalue weighted by Gasteiger charge is 2.24. The SMILES string of the molecule is COC(=O)c1cc(Br)ccc1NC(=O)C1CCCC1. The molecule has 0 spiro atoms. The minimum Gasteiger partial charge on any atom is -0.465 e. The summed E-state index contributed by atoms with van der Waals surface area (Å²) in [5.74, 6) is -0.401. The van der Waals surface area contributed by atoms with Crippen molar-refractivity contribution in [3.8, 4) is 0 Å². The van der Waals surface area contributed by atoms with Crippen LogP contribution < -0.4 is 5.32 Å². The van der Waals surface area contributed by atoms with Gasteiger partial charge in [0, 0.05) is 10.4 Å². The molecule has 1 fully saturated rings. The van der Waals surface area contributed by atoms with E-state index >= 15 is 0 Å². The lowest BCUT2D eigenvalue weighted by atomic mass is 10.1. The Labute approximate surface area is 120 Å². The summed E-state index contributed by atoms with van der Waals surface area (Å²) in [7, 11) is 1.33. The van der Waals surface area contributed by atoms with Crippen LogP contribution in [0.2, 0.25) is 0 Å². The van der Waals surface area contributed by atoms with Crippen molar-refractivity contribution in [2.45, 2.75) is 25.7 Å². The number of esters is 1. The van der Waals surface area contributed by atoms with Crippen molar-refractivity contribution in [2.24, 2.45) is 5.92 Å². The van der Waals surface area contributed by atoms with E-state index in [0.717, 1.165) is 30.2 Å². The molecule has 19 heavy (non-hydrogen) atoms. The monoisotopic (exact) mass is 325 g/mol. The number of hydrogen-bond acceptors (Lipinski definition) is 3. The summed E-state index contributed by atoms with van der Waals surface area (Å²) in [6, 6.07) is 5.15. The fraction of sp³-hybridized carbons (Fsp3) is 0.429. The van der Waals surface area contributed by atoms with E-state index < -0.39 is 5.97 Å². The first-order valence-corrected chi connectivity index (χ1v) is 7.10. The Morgan fingerprint density at radius 2 is 2.00 bits per heavy atom. The number of amides is 1. The maximum Gasteiger partial charge on any atom is 0.340 e. The van der Waals surface area contributed by atoms with Crippen LogP contribution in [0.15, 0.2) is 22.7 Å². The van der Waals surface area contributed by atoms with Crippen molar-refractivity contribution in [3.63, 3.8) is 0 Å². The first kappa shape index (κ1) is 14.1. The third-order valence-electron chi connectivity index (χ3n) is 3.37. The van der Waals surface area contributed by atoms with E-state index in [1.165, 1.54) is 7.11 Å². The summed E-state index contributed by atoms with van der Waals surface area (Å²) >= 11 is 3.31. The predicted octanol–water partition coefficient (Wildman–Crippen LogP) is 3.36. The molecule has 1 saturated carbocycles. The number of methoxy groups -OCH3 is 1. The van der Waals surface area contributed by atoms with Crippen LogP contribution in [0.3, 0.4) is 0 Å². The molecule has 0 bridgehead atoms. The predicted molar refractivity (Wildman–Crippen MR) is 76.1 cm³/mol. The lowest BCUT2D eigenvalue weighted by molar-refractivity contribution is -0.119. The molecular weight excluding hydrogens is 310 g/mol. The number of benzene rings is 1. The summed E-state index contributed by atoms with van der Waals surface area (Å²) in [5.41, 5.74) is 0.871. The van der Waals surface area contributed by atoms with Gasteiger partial charge in [0.05, 0.1) is 18.4 Å². The van der Waals surface area contributed by atoms with Gasteiger partial charge in [0.1, 0.15) is 0 Å². The van der Waals surface area contributed by atoms with Crippen molar-refractivity contribution in [1.29, 1.82) is 0 Å². The zero-order valence-electron chi connectivity index (χ0n) is 10.7. The molecule has 1 amide bonds. The maximum absolute atomic E-state index is 12.1. The van der Waals surface area contributed by atoms with Gasteiger partial charge in [-0.2, -0.15) is 0 Å². The molecule has 1 aromatic carbocycles. The molecule has 0 saturated heterocycles. The standard InChI is InChI=1S/C14H16BrNO3/c1-19-14(18)11-8-10(15)6-7-12(11)16-13(17)9-4-2-3-5-9/h6-9H,2-5H2,1H3,(H,16,17). The van der Waals surface area contributed by atoms with E-state index in [0.29, 0.717) is 11.3 Å². The lowest BCUT2D eigenvalue weighted by Crippen LogP contribution is -2.22. The molecule has 0 radical (unpaired) electrons. The van der Waals surface area contributed by atoms with Crippen LogP contribution in [-0.4, -0.2) is 19.0 Å². The average molecular weight is 326 g/mol. The summed E-state index contributed by atoms with van der Waals surface area (Å²) < 4.78 is 5.50. The summed E-state index contributed by atoms with van der Waals surface area (Å²) in [4.78, 5) is 23.8. The molecule has 0 heterocycles. The molecule has 1 aliphatic carbocycles. The third kappa shape index (κ3) is 3.35. The average Bonchev–Trinajstić information content (AvgIpc) is 2.94. The molecule has 0 aliphatic heterocycles. The van der Waals surface area contributed by atoms with Crippen LogP contribution in [-0.2, 0) is 9.53 Å². The maximum atomic E-state index is 12.1. The first-order chi connectivity index (χ1) is 9.11. The molecule has 1 N–H and O–H groups in total. The number of nitrogens with one attached hydrogen (secondary N) is 1. The Balaban J connectivity index is 2.19. The second-order valence-electron chi connectivity index (χ2n) is 4.65. The molecular formula is C14H16BrNO3. The van der Waals surface area contributed by atoms with Gasteiger partial charge in [0.25, 0.3) is 0 Å². The van der Waals surface area contributed by atoms with E-state index in [4.69, 9.17) is 4.74 Å². The van der Waals surface area contributed by atoms with Crippen molar-refractivity contribution in [1.82, 2.24) is 0 Å². The van der Waals surface area contributed by atoms with Gasteiger partial charge in [-0.05, 0) is 31.0 Å². The molecule has 4 nitrogen and oxygen atoms in total. The third-order valence-corrected chi connectivity index (χ3v) is 3.86. The van der Waals surface area contributed by atoms with Crippen LogP contribution in [0.5, 0.6) is 0 Å². The lowest BCUT2D eigenvalue weighted by Gasteiger charge is -2.13. The van der Waals surface area contributed by atoms with Gasteiger partial charge in [-0.25, -0.2) is 4.79 Å². The van der Waals surface area contributed by atoms with Crippen molar-refractivity contribution < 1.29 is 14.3 Å². The quantitative estimate of drug-likeness (QED) is 0.867. The van der Waals surface area contributed by atoms with E-state index in [1.54, 1.807) is 18.2 Å². The van der Waals surface area contributed by atoms with Gasteiger partial charge in [0.15, 0.2) is 0 Å². The smallest absolute Gasteiger partial charge is 0.340 e. The first-order valence-electron chi connectivity index (χ1n) is 6.30. The molecule has 5 heteroatoms. The van der Waals surface area contributed by atoms with Crippen LogP contribution >= 0.6 is 15.9 Å². The second-order valence-corrected chi connectivity index (χ2v) is 5.57. The van der Waals surface area contributed by atoms with Gasteiger partial charge in [-0.3, -0.25) is 4.79 Å². The van der Waals surface area contributed by atoms with E-state index in [-0.39, 0.29) is 11.8 Å². The molecule has 1 aliphatic rings. The number of rotatable bonds is 3. The van der Waals surface area contributed by atoms with E-state index in [2.05, 4.69) is 21.2 Å². The van der Waals surface area contributed by atoms with Gasteiger partial charge >= 0.3 is 5.97 Å². The van der Waals surface area contributed by atoms with Crippen molar-refractivity contribution in [3.05, 3.63) is 28.2 Å². The minimum absolute atomic E-state index is 0.00928. The fourth-order valence-corrected chi connectivity index (χ4v) is 2.69. The van der Waals surface area contributed by atoms with Gasteiger partial charge in [0.2, 0.25) is 5.91 Å². The summed E-state index contributed by atoms with van der Waals surface area (Å²) in [6.07, 6.45) is 4.05. The van der Waals surface area contributed by atoms with E-state index in [1.807, 2.05) is 0 Å². The molecule has 102 valence electrons. The zero-order chi connectivity index (χ0) is 13.8. The number of hydrogen-bond donors (Lipinski definition) is 1. The number of carbonyl (C=O) groups excluding carboxylic acids is 2. The molecule has 0 unspecified atom stereocenters. The number of ether oxygens (including phenoxy) is 1. The molecule has 0 atom stereocenters. The van der Waals surface area contributed by atoms with Crippen LogP contribution in [0, 0.1) is 5.92 Å². The number of carbonyl (C=O) groups is 2. The van der Waals surface area contributed by atoms with Crippen LogP contribution in [0.25, 0.3) is 0 Å². The molecule has 0 aromatic heterocycles. The van der Waals surface area contributed by atoms with Crippen molar-refractivity contribution in [2.75, 3.05) is 12.4 Å². The fourth-order valence-electron chi connectivity index (χ4n) is 2.33. The minimum atomic E-state index is -0.456. The van der Waals surface area contributed by atoms with Crippen LogP contribution in [0.4, 0.5) is 5.69 Å². The van der Waals surface area contributed by atoms with Gasteiger partial charge in [-0.15, -0.1) is 0 Å². The second kappa shape index (κ2) is 6.19. The summed E-state index contributed by atoms with van der Waals surface area (Å²) in [5, 5.41) is 2.83. The Bertz CT molecular complexity index is 495. The Morgan fingerprint density at radius 1 is 1.32 bits per heavy atom. The van der Waals surface area contributed by atoms with Crippen molar-refractivity contribution >= 4 is 33.5 Å². The highest BCUT2D eigenvalue weighted by Crippen LogP contribution is 2.27. The van der Waals surface area contributed by atoms with Gasteiger partial charge < -0.3 is 10.1 Å².